The van der Waals surface area contributed by atoms with Gasteiger partial charge in [0.2, 0.25) is 0 Å². The van der Waals surface area contributed by atoms with Crippen LogP contribution in [-0.2, 0) is 0 Å². The number of benzene rings is 1. The van der Waals surface area contributed by atoms with Crippen molar-refractivity contribution in [3.05, 3.63) is 29.6 Å². The van der Waals surface area contributed by atoms with E-state index in [2.05, 4.69) is 23.6 Å². The Labute approximate surface area is 114 Å². The smallest absolute Gasteiger partial charge is 0.155 e. The molecule has 0 spiro atoms. The lowest BCUT2D eigenvalue weighted by atomic mass is 10.1. The molecule has 1 aliphatic rings. The standard InChI is InChI=1S/C15H21FN2O/c1-3-12(2)17-7-9-18(10-8-17)15-6-4-5-14(16)13(15)11-19/h4-6,11-12H,3,7-10H2,1-2H3. The van der Waals surface area contributed by atoms with Gasteiger partial charge in [0.15, 0.2) is 6.29 Å². The van der Waals surface area contributed by atoms with Crippen molar-refractivity contribution in [2.24, 2.45) is 0 Å². The van der Waals surface area contributed by atoms with Crippen molar-refractivity contribution in [2.45, 2.75) is 26.3 Å². The number of rotatable bonds is 4. The van der Waals surface area contributed by atoms with E-state index >= 15 is 0 Å². The zero-order valence-corrected chi connectivity index (χ0v) is 11.6. The van der Waals surface area contributed by atoms with Gasteiger partial charge in [0.1, 0.15) is 5.82 Å². The molecular formula is C15H21FN2O. The summed E-state index contributed by atoms with van der Waals surface area (Å²) >= 11 is 0. The Kier molecular flexibility index (Phi) is 4.53. The lowest BCUT2D eigenvalue weighted by Crippen LogP contribution is -2.49. The van der Waals surface area contributed by atoms with E-state index in [1.54, 1.807) is 6.07 Å². The summed E-state index contributed by atoms with van der Waals surface area (Å²) in [5, 5.41) is 0. The number of aldehydes is 1. The van der Waals surface area contributed by atoms with Gasteiger partial charge in [-0.25, -0.2) is 4.39 Å². The molecule has 104 valence electrons. The first-order chi connectivity index (χ1) is 9.17. The average molecular weight is 264 g/mol. The second-order valence-corrected chi connectivity index (χ2v) is 5.07. The first-order valence-corrected chi connectivity index (χ1v) is 6.90. The number of carbonyl (C=O) groups is 1. The number of carbonyl (C=O) groups excluding carboxylic acids is 1. The van der Waals surface area contributed by atoms with E-state index in [9.17, 15) is 9.18 Å². The van der Waals surface area contributed by atoms with Crippen LogP contribution in [0.3, 0.4) is 0 Å². The summed E-state index contributed by atoms with van der Waals surface area (Å²) in [6, 6.07) is 5.41. The van der Waals surface area contributed by atoms with Crippen molar-refractivity contribution in [3.8, 4) is 0 Å². The van der Waals surface area contributed by atoms with Crippen LogP contribution in [0.1, 0.15) is 30.6 Å². The zero-order valence-electron chi connectivity index (χ0n) is 11.6. The van der Waals surface area contributed by atoms with Gasteiger partial charge in [0.25, 0.3) is 0 Å². The summed E-state index contributed by atoms with van der Waals surface area (Å²) in [5.41, 5.74) is 0.901. The summed E-state index contributed by atoms with van der Waals surface area (Å²) in [4.78, 5) is 15.6. The van der Waals surface area contributed by atoms with E-state index in [0.29, 0.717) is 12.3 Å². The Morgan fingerprint density at radius 3 is 2.58 bits per heavy atom. The van der Waals surface area contributed by atoms with Gasteiger partial charge in [0.05, 0.1) is 11.3 Å². The summed E-state index contributed by atoms with van der Waals surface area (Å²) in [6.07, 6.45) is 1.76. The largest absolute Gasteiger partial charge is 0.368 e. The first-order valence-electron chi connectivity index (χ1n) is 6.90. The molecule has 0 N–H and O–H groups in total. The van der Waals surface area contributed by atoms with E-state index in [1.165, 1.54) is 6.07 Å². The highest BCUT2D eigenvalue weighted by atomic mass is 19.1. The number of halogens is 1. The van der Waals surface area contributed by atoms with Crippen LogP contribution in [0.25, 0.3) is 0 Å². The maximum atomic E-state index is 13.6. The van der Waals surface area contributed by atoms with Crippen LogP contribution < -0.4 is 4.90 Å². The van der Waals surface area contributed by atoms with Gasteiger partial charge >= 0.3 is 0 Å². The van der Waals surface area contributed by atoms with Gasteiger partial charge in [0, 0.05) is 32.2 Å². The van der Waals surface area contributed by atoms with Gasteiger partial charge in [-0.15, -0.1) is 0 Å². The monoisotopic (exact) mass is 264 g/mol. The quantitative estimate of drug-likeness (QED) is 0.781. The molecule has 1 aromatic rings. The predicted molar refractivity (Wildman–Crippen MR) is 75.3 cm³/mol. The number of hydrogen-bond donors (Lipinski definition) is 0. The maximum Gasteiger partial charge on any atom is 0.155 e. The molecule has 0 aliphatic carbocycles. The van der Waals surface area contributed by atoms with Gasteiger partial charge in [-0.1, -0.05) is 13.0 Å². The minimum Gasteiger partial charge on any atom is -0.368 e. The molecule has 1 fully saturated rings. The van der Waals surface area contributed by atoms with Crippen LogP contribution in [0.15, 0.2) is 18.2 Å². The summed E-state index contributed by atoms with van der Waals surface area (Å²) in [6.45, 7) is 8.03. The van der Waals surface area contributed by atoms with Gasteiger partial charge in [-0.2, -0.15) is 0 Å². The molecule has 0 saturated carbocycles. The molecule has 2 rings (SSSR count). The molecule has 1 aromatic carbocycles. The minimum atomic E-state index is -0.433. The SMILES string of the molecule is CCC(C)N1CCN(c2cccc(F)c2C=O)CC1. The second-order valence-electron chi connectivity index (χ2n) is 5.07. The molecule has 1 saturated heterocycles. The van der Waals surface area contributed by atoms with Crippen LogP contribution in [-0.4, -0.2) is 43.4 Å². The summed E-state index contributed by atoms with van der Waals surface area (Å²) < 4.78 is 13.6. The molecule has 1 heterocycles. The van der Waals surface area contributed by atoms with Crippen molar-refractivity contribution >= 4 is 12.0 Å². The van der Waals surface area contributed by atoms with Crippen molar-refractivity contribution in [2.75, 3.05) is 31.1 Å². The molecule has 1 atom stereocenters. The third-order valence-corrected chi connectivity index (χ3v) is 4.02. The molecular weight excluding hydrogens is 243 g/mol. The first kappa shape index (κ1) is 14.0. The number of anilines is 1. The third kappa shape index (κ3) is 2.95. The molecule has 0 bridgehead atoms. The molecule has 4 heteroatoms. The van der Waals surface area contributed by atoms with Crippen LogP contribution >= 0.6 is 0 Å². The van der Waals surface area contributed by atoms with E-state index in [1.807, 2.05) is 6.07 Å². The molecule has 0 aromatic heterocycles. The third-order valence-electron chi connectivity index (χ3n) is 4.02. The van der Waals surface area contributed by atoms with Crippen LogP contribution in [0.2, 0.25) is 0 Å². The minimum absolute atomic E-state index is 0.180. The highest BCUT2D eigenvalue weighted by Crippen LogP contribution is 2.23. The Hall–Kier alpha value is -1.42. The molecule has 0 amide bonds. The van der Waals surface area contributed by atoms with Crippen molar-refractivity contribution in [1.82, 2.24) is 4.90 Å². The highest BCUT2D eigenvalue weighted by molar-refractivity contribution is 5.85. The molecule has 1 unspecified atom stereocenters. The van der Waals surface area contributed by atoms with E-state index < -0.39 is 5.82 Å². The summed E-state index contributed by atoms with van der Waals surface area (Å²) in [7, 11) is 0. The Bertz CT molecular complexity index is 442. The Morgan fingerprint density at radius 1 is 1.32 bits per heavy atom. The molecule has 3 nitrogen and oxygen atoms in total. The number of nitrogens with zero attached hydrogens (tertiary/aromatic N) is 2. The van der Waals surface area contributed by atoms with Gasteiger partial charge < -0.3 is 4.90 Å². The lowest BCUT2D eigenvalue weighted by Gasteiger charge is -2.39. The summed E-state index contributed by atoms with van der Waals surface area (Å²) in [5.74, 6) is -0.433. The second kappa shape index (κ2) is 6.15. The van der Waals surface area contributed by atoms with Crippen molar-refractivity contribution in [3.63, 3.8) is 0 Å². The normalized spacial score (nSPS) is 18.4. The predicted octanol–water partition coefficient (Wildman–Crippen LogP) is 2.56. The van der Waals surface area contributed by atoms with E-state index in [-0.39, 0.29) is 5.56 Å². The van der Waals surface area contributed by atoms with Crippen LogP contribution in [0.5, 0.6) is 0 Å². The fourth-order valence-electron chi connectivity index (χ4n) is 2.58. The van der Waals surface area contributed by atoms with Crippen molar-refractivity contribution < 1.29 is 9.18 Å². The van der Waals surface area contributed by atoms with E-state index in [4.69, 9.17) is 0 Å². The fraction of sp³-hybridized carbons (Fsp3) is 0.533. The lowest BCUT2D eigenvalue weighted by molar-refractivity contribution is 0.112. The molecule has 1 aliphatic heterocycles. The maximum absolute atomic E-state index is 13.6. The van der Waals surface area contributed by atoms with Crippen LogP contribution in [0.4, 0.5) is 10.1 Å². The molecule has 19 heavy (non-hydrogen) atoms. The van der Waals surface area contributed by atoms with Gasteiger partial charge in [-0.05, 0) is 25.5 Å². The van der Waals surface area contributed by atoms with Gasteiger partial charge in [-0.3, -0.25) is 9.69 Å². The van der Waals surface area contributed by atoms with Crippen LogP contribution in [0, 0.1) is 5.82 Å². The Balaban J connectivity index is 2.10. The number of hydrogen-bond acceptors (Lipinski definition) is 3. The Morgan fingerprint density at radius 2 is 2.00 bits per heavy atom. The fourth-order valence-corrected chi connectivity index (χ4v) is 2.58. The highest BCUT2D eigenvalue weighted by Gasteiger charge is 2.22. The van der Waals surface area contributed by atoms with E-state index in [0.717, 1.165) is 38.3 Å². The topological polar surface area (TPSA) is 23.6 Å². The average Bonchev–Trinajstić information content (AvgIpc) is 2.46. The number of piperazine rings is 1. The van der Waals surface area contributed by atoms with Crippen molar-refractivity contribution in [1.29, 1.82) is 0 Å². The molecule has 0 radical (unpaired) electrons. The zero-order chi connectivity index (χ0) is 13.8.